The van der Waals surface area contributed by atoms with Gasteiger partial charge in [-0.25, -0.2) is 9.59 Å². The van der Waals surface area contributed by atoms with E-state index in [1.807, 2.05) is 0 Å². The van der Waals surface area contributed by atoms with E-state index in [1.54, 1.807) is 0 Å². The molecule has 0 rings (SSSR count). The fourth-order valence-electron chi connectivity index (χ4n) is 1.24. The van der Waals surface area contributed by atoms with Crippen LogP contribution in [0.25, 0.3) is 0 Å². The number of unbranched alkanes of at least 4 members (excludes halogenated alkanes) is 1. The first kappa shape index (κ1) is 21.5. The molecule has 0 aliphatic rings. The van der Waals surface area contributed by atoms with E-state index < -0.39 is 17.9 Å². The van der Waals surface area contributed by atoms with E-state index in [0.29, 0.717) is 12.5 Å². The summed E-state index contributed by atoms with van der Waals surface area (Å²) < 4.78 is 37.8. The third-order valence-electron chi connectivity index (χ3n) is 2.52. The summed E-state index contributed by atoms with van der Waals surface area (Å²) >= 11 is 0. The first-order chi connectivity index (χ1) is 9.79. The standard InChI is InChI=1S/C11H20O2.C3HF3O2/c1-4-7-8-10(5-2)9-13-11(12)6-3;4-1(2(5)6)3(7)8/h6,10H,3-5,7-9H2,1-2H3;(H,7,8). The van der Waals surface area contributed by atoms with Gasteiger partial charge in [0.2, 0.25) is 0 Å². The molecule has 0 bridgehead atoms. The zero-order valence-corrected chi connectivity index (χ0v) is 12.2. The van der Waals surface area contributed by atoms with Crippen LogP contribution in [0.1, 0.15) is 39.5 Å². The number of aliphatic carboxylic acids is 1. The second-order valence-electron chi connectivity index (χ2n) is 4.13. The van der Waals surface area contributed by atoms with E-state index in [9.17, 15) is 22.8 Å². The van der Waals surface area contributed by atoms with Gasteiger partial charge in [0, 0.05) is 6.08 Å². The number of hydrogen-bond donors (Lipinski definition) is 1. The molecule has 7 heteroatoms. The third kappa shape index (κ3) is 13.0. The summed E-state index contributed by atoms with van der Waals surface area (Å²) in [5.41, 5.74) is 0. The molecule has 0 aromatic heterocycles. The van der Waals surface area contributed by atoms with E-state index in [0.717, 1.165) is 12.8 Å². The van der Waals surface area contributed by atoms with Crippen molar-refractivity contribution in [2.75, 3.05) is 6.61 Å². The van der Waals surface area contributed by atoms with Crippen molar-refractivity contribution in [3.8, 4) is 0 Å². The first-order valence-corrected chi connectivity index (χ1v) is 6.53. The SMILES string of the molecule is C=CC(=O)OCC(CC)CCCC.O=C(O)C(F)=C(F)F. The molecule has 0 spiro atoms. The van der Waals surface area contributed by atoms with Gasteiger partial charge in [0.15, 0.2) is 0 Å². The Bertz CT molecular complexity index is 363. The molecule has 0 saturated carbocycles. The third-order valence-corrected chi connectivity index (χ3v) is 2.52. The minimum Gasteiger partial charge on any atom is -0.476 e. The number of ether oxygens (including phenoxy) is 1. The minimum absolute atomic E-state index is 0.310. The van der Waals surface area contributed by atoms with Crippen LogP contribution in [0.2, 0.25) is 0 Å². The lowest BCUT2D eigenvalue weighted by Gasteiger charge is -2.13. The number of esters is 1. The average Bonchev–Trinajstić information content (AvgIpc) is 2.46. The van der Waals surface area contributed by atoms with Crippen molar-refractivity contribution in [3.63, 3.8) is 0 Å². The number of carbonyl (C=O) groups excluding carboxylic acids is 1. The molecule has 122 valence electrons. The lowest BCUT2D eigenvalue weighted by Crippen LogP contribution is -2.12. The quantitative estimate of drug-likeness (QED) is 0.542. The molecule has 0 heterocycles. The summed E-state index contributed by atoms with van der Waals surface area (Å²) in [6.45, 7) is 8.19. The maximum absolute atomic E-state index is 11.2. The Morgan fingerprint density at radius 1 is 1.29 bits per heavy atom. The van der Waals surface area contributed by atoms with E-state index in [-0.39, 0.29) is 5.97 Å². The molecule has 1 N–H and O–H groups in total. The molecule has 1 atom stereocenters. The molecular formula is C14H21F3O4. The molecule has 0 aliphatic carbocycles. The van der Waals surface area contributed by atoms with Crippen molar-refractivity contribution >= 4 is 11.9 Å². The van der Waals surface area contributed by atoms with Crippen molar-refractivity contribution in [2.45, 2.75) is 39.5 Å². The van der Waals surface area contributed by atoms with Crippen LogP contribution in [0.3, 0.4) is 0 Å². The van der Waals surface area contributed by atoms with Crippen LogP contribution in [-0.4, -0.2) is 23.7 Å². The summed E-state index contributed by atoms with van der Waals surface area (Å²) in [4.78, 5) is 20.0. The molecule has 0 aromatic rings. The highest BCUT2D eigenvalue weighted by Crippen LogP contribution is 2.12. The number of rotatable bonds is 8. The fourth-order valence-corrected chi connectivity index (χ4v) is 1.24. The smallest absolute Gasteiger partial charge is 0.370 e. The number of hydrogen-bond acceptors (Lipinski definition) is 3. The molecule has 0 fully saturated rings. The van der Waals surface area contributed by atoms with Gasteiger partial charge < -0.3 is 9.84 Å². The van der Waals surface area contributed by atoms with Gasteiger partial charge in [-0.3, -0.25) is 0 Å². The number of carboxylic acid groups (broad SMARTS) is 1. The van der Waals surface area contributed by atoms with Crippen LogP contribution >= 0.6 is 0 Å². The van der Waals surface area contributed by atoms with E-state index in [2.05, 4.69) is 20.4 Å². The van der Waals surface area contributed by atoms with Gasteiger partial charge in [0.25, 0.3) is 5.83 Å². The van der Waals surface area contributed by atoms with Crippen LogP contribution in [0.5, 0.6) is 0 Å². The predicted octanol–water partition coefficient (Wildman–Crippen LogP) is 4.08. The summed E-state index contributed by atoms with van der Waals surface area (Å²) in [5, 5.41) is 7.44. The Kier molecular flexibility index (Phi) is 13.5. The molecule has 0 saturated heterocycles. The molecular weight excluding hydrogens is 289 g/mol. The van der Waals surface area contributed by atoms with Gasteiger partial charge in [-0.15, -0.1) is 0 Å². The van der Waals surface area contributed by atoms with Crippen molar-refractivity contribution < 1.29 is 32.6 Å². The summed E-state index contributed by atoms with van der Waals surface area (Å²) in [6, 6.07) is 0. The van der Waals surface area contributed by atoms with Gasteiger partial charge in [0.05, 0.1) is 6.61 Å². The monoisotopic (exact) mass is 310 g/mol. The highest BCUT2D eigenvalue weighted by atomic mass is 19.3. The van der Waals surface area contributed by atoms with Crippen molar-refractivity contribution in [1.82, 2.24) is 0 Å². The topological polar surface area (TPSA) is 63.6 Å². The summed E-state index contributed by atoms with van der Waals surface area (Å²) in [7, 11) is 0. The fraction of sp³-hybridized carbons (Fsp3) is 0.571. The average molecular weight is 310 g/mol. The Labute approximate surface area is 122 Å². The van der Waals surface area contributed by atoms with Gasteiger partial charge in [-0.2, -0.15) is 13.2 Å². The van der Waals surface area contributed by atoms with E-state index in [4.69, 9.17) is 9.84 Å². The van der Waals surface area contributed by atoms with Crippen molar-refractivity contribution in [3.05, 3.63) is 24.6 Å². The molecule has 0 aliphatic heterocycles. The zero-order valence-electron chi connectivity index (χ0n) is 12.2. The Morgan fingerprint density at radius 2 is 1.86 bits per heavy atom. The molecule has 0 aromatic carbocycles. The number of halogens is 3. The zero-order chi connectivity index (χ0) is 16.8. The van der Waals surface area contributed by atoms with Gasteiger partial charge in [-0.1, -0.05) is 39.7 Å². The predicted molar refractivity (Wildman–Crippen MR) is 72.4 cm³/mol. The lowest BCUT2D eigenvalue weighted by atomic mass is 10.0. The van der Waals surface area contributed by atoms with Crippen LogP contribution < -0.4 is 0 Å². The molecule has 1 unspecified atom stereocenters. The lowest BCUT2D eigenvalue weighted by molar-refractivity contribution is -0.139. The Balaban J connectivity index is 0. The van der Waals surface area contributed by atoms with Crippen LogP contribution in [0.4, 0.5) is 13.2 Å². The van der Waals surface area contributed by atoms with Gasteiger partial charge in [-0.05, 0) is 12.3 Å². The number of carbonyl (C=O) groups is 2. The summed E-state index contributed by atoms with van der Waals surface area (Å²) in [6.07, 6.45) is 3.04. The van der Waals surface area contributed by atoms with Gasteiger partial charge >= 0.3 is 18.0 Å². The maximum Gasteiger partial charge on any atom is 0.370 e. The Morgan fingerprint density at radius 3 is 2.14 bits per heavy atom. The number of carboxylic acids is 1. The largest absolute Gasteiger partial charge is 0.476 e. The maximum atomic E-state index is 11.2. The van der Waals surface area contributed by atoms with E-state index in [1.165, 1.54) is 18.9 Å². The van der Waals surface area contributed by atoms with Crippen LogP contribution in [0, 0.1) is 5.92 Å². The minimum atomic E-state index is -2.81. The highest BCUT2D eigenvalue weighted by Gasteiger charge is 2.12. The Hall–Kier alpha value is -1.79. The molecule has 0 amide bonds. The normalized spacial score (nSPS) is 10.7. The summed E-state index contributed by atoms with van der Waals surface area (Å²) in [5.74, 6) is -4.44. The van der Waals surface area contributed by atoms with E-state index >= 15 is 0 Å². The van der Waals surface area contributed by atoms with Crippen molar-refractivity contribution in [2.24, 2.45) is 5.92 Å². The van der Waals surface area contributed by atoms with Crippen LogP contribution in [0.15, 0.2) is 24.6 Å². The second kappa shape index (κ2) is 13.2. The molecule has 0 radical (unpaired) electrons. The second-order valence-corrected chi connectivity index (χ2v) is 4.13. The molecule has 21 heavy (non-hydrogen) atoms. The first-order valence-electron chi connectivity index (χ1n) is 6.53. The van der Waals surface area contributed by atoms with Crippen molar-refractivity contribution in [1.29, 1.82) is 0 Å². The van der Waals surface area contributed by atoms with Crippen LogP contribution in [-0.2, 0) is 14.3 Å². The highest BCUT2D eigenvalue weighted by molar-refractivity contribution is 5.84. The molecule has 4 nitrogen and oxygen atoms in total. The van der Waals surface area contributed by atoms with Gasteiger partial charge in [0.1, 0.15) is 0 Å².